The molecule has 0 aliphatic carbocycles. The van der Waals surface area contributed by atoms with Gasteiger partial charge in [0.05, 0.1) is 13.2 Å². The predicted octanol–water partition coefficient (Wildman–Crippen LogP) is 4.95. The van der Waals surface area contributed by atoms with Crippen molar-refractivity contribution in [3.05, 3.63) is 12.7 Å². The van der Waals surface area contributed by atoms with Gasteiger partial charge in [-0.3, -0.25) is 4.90 Å². The normalized spacial score (nSPS) is 11.9. The Morgan fingerprint density at radius 2 is 1.60 bits per heavy atom. The molecule has 0 aliphatic rings. The first kappa shape index (κ1) is 23.5. The number of ether oxygens (including phenoxy) is 2. The van der Waals surface area contributed by atoms with E-state index in [0.717, 1.165) is 12.8 Å². The molecule has 0 radical (unpaired) electrons. The first-order valence-corrected chi connectivity index (χ1v) is 9.62. The lowest BCUT2D eigenvalue weighted by atomic mass is 10.0. The van der Waals surface area contributed by atoms with E-state index in [1.54, 1.807) is 13.1 Å². The topological polar surface area (TPSA) is 55.8 Å². The number of esters is 1. The van der Waals surface area contributed by atoms with E-state index in [9.17, 15) is 9.59 Å². The third-order valence-electron chi connectivity index (χ3n) is 4.12. The summed E-state index contributed by atoms with van der Waals surface area (Å²) >= 11 is 0. The molecule has 25 heavy (non-hydrogen) atoms. The van der Waals surface area contributed by atoms with Gasteiger partial charge in [0.1, 0.15) is 6.04 Å². The summed E-state index contributed by atoms with van der Waals surface area (Å²) < 4.78 is 10.5. The monoisotopic (exact) mass is 355 g/mol. The molecule has 0 spiro atoms. The average Bonchev–Trinajstić information content (AvgIpc) is 2.57. The van der Waals surface area contributed by atoms with Gasteiger partial charge in [-0.15, -0.1) is 6.58 Å². The van der Waals surface area contributed by atoms with Crippen LogP contribution in [0.25, 0.3) is 0 Å². The van der Waals surface area contributed by atoms with E-state index >= 15 is 0 Å². The third kappa shape index (κ3) is 10.8. The zero-order valence-electron chi connectivity index (χ0n) is 16.6. The Morgan fingerprint density at radius 3 is 2.16 bits per heavy atom. The van der Waals surface area contributed by atoms with Gasteiger partial charge in [0.2, 0.25) is 0 Å². The maximum atomic E-state index is 12.3. The number of carbonyl (C=O) groups is 2. The number of hydrogen-bond donors (Lipinski definition) is 0. The number of nitrogens with zero attached hydrogens (tertiary/aromatic N) is 1. The number of likely N-dealkylation sites (N-methyl/N-ethyl adjacent to an activating group) is 1. The molecule has 146 valence electrons. The van der Waals surface area contributed by atoms with Crippen molar-refractivity contribution in [1.29, 1.82) is 0 Å². The first-order valence-electron chi connectivity index (χ1n) is 9.62. The lowest BCUT2D eigenvalue weighted by Crippen LogP contribution is -2.46. The van der Waals surface area contributed by atoms with Crippen LogP contribution < -0.4 is 0 Å². The summed E-state index contributed by atoms with van der Waals surface area (Å²) in [6, 6.07) is -0.624. The number of rotatable bonds is 14. The van der Waals surface area contributed by atoms with Crippen molar-refractivity contribution in [3.8, 4) is 0 Å². The van der Waals surface area contributed by atoms with Gasteiger partial charge in [0.15, 0.2) is 0 Å². The summed E-state index contributed by atoms with van der Waals surface area (Å²) in [4.78, 5) is 25.7. The van der Waals surface area contributed by atoms with Gasteiger partial charge >= 0.3 is 12.1 Å². The van der Waals surface area contributed by atoms with Crippen molar-refractivity contribution in [2.24, 2.45) is 5.92 Å². The molecule has 0 N–H and O–H groups in total. The molecule has 1 unspecified atom stereocenters. The second-order valence-electron chi connectivity index (χ2n) is 6.78. The molecule has 0 aromatic carbocycles. The summed E-state index contributed by atoms with van der Waals surface area (Å²) in [6.07, 6.45) is 9.96. The van der Waals surface area contributed by atoms with Crippen molar-refractivity contribution in [1.82, 2.24) is 4.90 Å². The molecule has 0 saturated carbocycles. The molecule has 0 aromatic heterocycles. The number of carbonyl (C=O) groups excluding carboxylic acids is 2. The summed E-state index contributed by atoms with van der Waals surface area (Å²) in [5.74, 6) is -0.400. The molecule has 0 rings (SSSR count). The Balaban J connectivity index is 4.18. The molecular weight excluding hydrogens is 318 g/mol. The van der Waals surface area contributed by atoms with Crippen LogP contribution in [0.15, 0.2) is 12.7 Å². The van der Waals surface area contributed by atoms with Crippen molar-refractivity contribution >= 4 is 12.1 Å². The highest BCUT2D eigenvalue weighted by Gasteiger charge is 2.31. The smallest absolute Gasteiger partial charge is 0.410 e. The summed E-state index contributed by atoms with van der Waals surface area (Å²) in [5.41, 5.74) is 0. The van der Waals surface area contributed by atoms with E-state index < -0.39 is 12.1 Å². The molecule has 5 heteroatoms. The maximum absolute atomic E-state index is 12.3. The van der Waals surface area contributed by atoms with Crippen LogP contribution in [0.4, 0.5) is 4.79 Å². The SMILES string of the molecule is C=CCCOC(=O)N(C)C(C(=O)OCCCCCCCCC)C(C)C. The quantitative estimate of drug-likeness (QED) is 0.251. The lowest BCUT2D eigenvalue weighted by Gasteiger charge is -2.28. The molecule has 5 nitrogen and oxygen atoms in total. The minimum absolute atomic E-state index is 0.0431. The van der Waals surface area contributed by atoms with Crippen molar-refractivity contribution in [2.75, 3.05) is 20.3 Å². The predicted molar refractivity (Wildman–Crippen MR) is 102 cm³/mol. The molecule has 0 saturated heterocycles. The number of hydrogen-bond acceptors (Lipinski definition) is 4. The first-order chi connectivity index (χ1) is 12.0. The van der Waals surface area contributed by atoms with Crippen LogP contribution in [0.3, 0.4) is 0 Å². The highest BCUT2D eigenvalue weighted by atomic mass is 16.6. The second kappa shape index (κ2) is 14.8. The highest BCUT2D eigenvalue weighted by Crippen LogP contribution is 2.14. The zero-order chi connectivity index (χ0) is 19.1. The van der Waals surface area contributed by atoms with Gasteiger partial charge < -0.3 is 9.47 Å². The van der Waals surface area contributed by atoms with Crippen LogP contribution in [0, 0.1) is 5.92 Å². The van der Waals surface area contributed by atoms with E-state index in [2.05, 4.69) is 13.5 Å². The van der Waals surface area contributed by atoms with E-state index in [0.29, 0.717) is 13.0 Å². The van der Waals surface area contributed by atoms with Gasteiger partial charge in [-0.2, -0.15) is 0 Å². The van der Waals surface area contributed by atoms with E-state index in [-0.39, 0.29) is 18.5 Å². The summed E-state index contributed by atoms with van der Waals surface area (Å²) in [5, 5.41) is 0. The summed E-state index contributed by atoms with van der Waals surface area (Å²) in [7, 11) is 1.58. The number of amides is 1. The Bertz CT molecular complexity index is 382. The Kier molecular flexibility index (Phi) is 13.9. The maximum Gasteiger partial charge on any atom is 0.410 e. The van der Waals surface area contributed by atoms with E-state index in [4.69, 9.17) is 9.47 Å². The Labute approximate surface area is 153 Å². The molecule has 1 amide bonds. The minimum atomic E-state index is -0.624. The molecule has 0 fully saturated rings. The van der Waals surface area contributed by atoms with Gasteiger partial charge in [-0.05, 0) is 18.8 Å². The van der Waals surface area contributed by atoms with Gasteiger partial charge in [-0.25, -0.2) is 9.59 Å². The Hall–Kier alpha value is -1.52. The van der Waals surface area contributed by atoms with Gasteiger partial charge in [0.25, 0.3) is 0 Å². The van der Waals surface area contributed by atoms with Crippen LogP contribution >= 0.6 is 0 Å². The standard InChI is InChI=1S/C20H37NO4/c1-6-8-10-11-12-13-14-16-24-19(22)18(17(3)4)21(5)20(23)25-15-9-7-2/h7,17-18H,2,6,8-16H2,1,3-5H3. The van der Waals surface area contributed by atoms with Crippen molar-refractivity contribution < 1.29 is 19.1 Å². The zero-order valence-corrected chi connectivity index (χ0v) is 16.6. The van der Waals surface area contributed by atoms with Crippen LogP contribution in [0.1, 0.15) is 72.1 Å². The molecule has 0 aromatic rings. The fourth-order valence-electron chi connectivity index (χ4n) is 2.64. The Morgan fingerprint density at radius 1 is 1.00 bits per heavy atom. The fraction of sp³-hybridized carbons (Fsp3) is 0.800. The third-order valence-corrected chi connectivity index (χ3v) is 4.12. The minimum Gasteiger partial charge on any atom is -0.464 e. The molecular formula is C20H37NO4. The van der Waals surface area contributed by atoms with Crippen molar-refractivity contribution in [3.63, 3.8) is 0 Å². The highest BCUT2D eigenvalue weighted by molar-refractivity contribution is 5.81. The largest absolute Gasteiger partial charge is 0.464 e. The molecule has 0 aliphatic heterocycles. The fourth-order valence-corrected chi connectivity index (χ4v) is 2.64. The second-order valence-corrected chi connectivity index (χ2v) is 6.78. The summed E-state index contributed by atoms with van der Waals surface area (Å²) in [6.45, 7) is 10.3. The molecule has 1 atom stereocenters. The molecule has 0 heterocycles. The van der Waals surface area contributed by atoms with E-state index in [1.807, 2.05) is 13.8 Å². The van der Waals surface area contributed by atoms with Crippen LogP contribution in [0.5, 0.6) is 0 Å². The van der Waals surface area contributed by atoms with E-state index in [1.165, 1.54) is 37.0 Å². The van der Waals surface area contributed by atoms with Gasteiger partial charge in [-0.1, -0.05) is 65.4 Å². The van der Waals surface area contributed by atoms with Gasteiger partial charge in [0, 0.05) is 7.05 Å². The lowest BCUT2D eigenvalue weighted by molar-refractivity contribution is -0.150. The van der Waals surface area contributed by atoms with Crippen molar-refractivity contribution in [2.45, 2.75) is 78.2 Å². The van der Waals surface area contributed by atoms with Crippen LogP contribution in [-0.2, 0) is 14.3 Å². The van der Waals surface area contributed by atoms with Crippen LogP contribution in [-0.4, -0.2) is 43.3 Å². The van der Waals surface area contributed by atoms with Crippen LogP contribution in [0.2, 0.25) is 0 Å². The average molecular weight is 356 g/mol. The number of unbranched alkanes of at least 4 members (excludes halogenated alkanes) is 6. The molecule has 0 bridgehead atoms.